The molecule has 2 aromatic carbocycles. The topological polar surface area (TPSA) is 74.7 Å². The minimum absolute atomic E-state index is 0.598. The third-order valence-corrected chi connectivity index (χ3v) is 5.74. The van der Waals surface area contributed by atoms with Crippen LogP contribution in [0.1, 0.15) is 16.1 Å². The number of ether oxygens (including phenoxy) is 2. The smallest absolute Gasteiger partial charge is 0.235 e. The Morgan fingerprint density at radius 2 is 1.83 bits per heavy atom. The van der Waals surface area contributed by atoms with E-state index in [0.29, 0.717) is 28.0 Å². The molecule has 0 aliphatic rings. The molecule has 0 atom stereocenters. The molecule has 0 N–H and O–H groups in total. The van der Waals surface area contributed by atoms with Crippen LogP contribution in [0.5, 0.6) is 11.5 Å². The Kier molecular flexibility index (Phi) is 4.48. The predicted octanol–water partition coefficient (Wildman–Crippen LogP) is 5.10. The summed E-state index contributed by atoms with van der Waals surface area (Å²) in [7, 11) is 3.24. The van der Waals surface area contributed by atoms with E-state index in [1.54, 1.807) is 18.7 Å². The van der Waals surface area contributed by atoms with Gasteiger partial charge in [0.2, 0.25) is 10.8 Å². The van der Waals surface area contributed by atoms with Gasteiger partial charge in [0.05, 0.1) is 14.2 Å². The van der Waals surface area contributed by atoms with E-state index in [-0.39, 0.29) is 0 Å². The van der Waals surface area contributed by atoms with Crippen molar-refractivity contribution in [2.24, 2.45) is 0 Å². The van der Waals surface area contributed by atoms with Gasteiger partial charge in [-0.05, 0) is 36.8 Å². The summed E-state index contributed by atoms with van der Waals surface area (Å²) in [5.74, 6) is 2.66. The van der Waals surface area contributed by atoms with Gasteiger partial charge in [-0.3, -0.25) is 0 Å². The van der Waals surface area contributed by atoms with Crippen molar-refractivity contribution in [3.05, 3.63) is 58.6 Å². The zero-order valence-corrected chi connectivity index (χ0v) is 17.4. The fourth-order valence-electron chi connectivity index (χ4n) is 3.35. The number of benzene rings is 2. The molecule has 0 radical (unpaired) electrons. The van der Waals surface area contributed by atoms with Gasteiger partial charge in [-0.15, -0.1) is 10.2 Å². The zero-order valence-electron chi connectivity index (χ0n) is 16.6. The molecule has 0 bridgehead atoms. The lowest BCUT2D eigenvalue weighted by Crippen LogP contribution is -1.91. The highest BCUT2D eigenvalue weighted by atomic mass is 32.1. The van der Waals surface area contributed by atoms with E-state index in [4.69, 9.17) is 13.9 Å². The van der Waals surface area contributed by atoms with E-state index in [0.717, 1.165) is 27.1 Å². The summed E-state index contributed by atoms with van der Waals surface area (Å²) < 4.78 is 18.4. The normalized spacial score (nSPS) is 11.7. The third-order valence-electron chi connectivity index (χ3n) is 4.88. The predicted molar refractivity (Wildman–Crippen MR) is 117 cm³/mol. The number of nitrogens with zero attached hydrogens (tertiary/aromatic N) is 4. The van der Waals surface area contributed by atoms with E-state index in [2.05, 4.69) is 15.3 Å². The van der Waals surface area contributed by atoms with Crippen LogP contribution in [-0.4, -0.2) is 34.0 Å². The van der Waals surface area contributed by atoms with Gasteiger partial charge in [0, 0.05) is 10.9 Å². The fraction of sp³-hybridized carbons (Fsp3) is 0.136. The standard InChI is InChI=1S/C22H18N4O3S/c1-13-15-6-4-5-7-16(15)29-20(13)21-23-24-22-26(21)25-19(30-22)11-9-14-8-10-17(27-2)18(12-14)28-3/h4-12H,1-3H3/b11-9-. The van der Waals surface area contributed by atoms with Crippen LogP contribution in [0.4, 0.5) is 0 Å². The Labute approximate surface area is 176 Å². The highest BCUT2D eigenvalue weighted by Crippen LogP contribution is 2.33. The Morgan fingerprint density at radius 3 is 2.63 bits per heavy atom. The monoisotopic (exact) mass is 418 g/mol. The molecule has 0 saturated heterocycles. The van der Waals surface area contributed by atoms with E-state index < -0.39 is 0 Å². The van der Waals surface area contributed by atoms with Crippen LogP contribution in [0.2, 0.25) is 0 Å². The van der Waals surface area contributed by atoms with Gasteiger partial charge < -0.3 is 13.9 Å². The van der Waals surface area contributed by atoms with Crippen molar-refractivity contribution < 1.29 is 13.9 Å². The van der Waals surface area contributed by atoms with Crippen LogP contribution < -0.4 is 9.47 Å². The van der Waals surface area contributed by atoms with Gasteiger partial charge in [-0.25, -0.2) is 0 Å². The average Bonchev–Trinajstić information content (AvgIpc) is 3.45. The molecule has 150 valence electrons. The van der Waals surface area contributed by atoms with E-state index >= 15 is 0 Å². The van der Waals surface area contributed by atoms with Gasteiger partial charge in [0.1, 0.15) is 10.6 Å². The van der Waals surface area contributed by atoms with Gasteiger partial charge in [0.25, 0.3) is 0 Å². The van der Waals surface area contributed by atoms with Gasteiger partial charge in [0.15, 0.2) is 17.3 Å². The summed E-state index contributed by atoms with van der Waals surface area (Å²) >= 11 is 1.46. The highest BCUT2D eigenvalue weighted by molar-refractivity contribution is 7.17. The van der Waals surface area contributed by atoms with Gasteiger partial charge in [-0.2, -0.15) is 9.61 Å². The molecule has 0 aliphatic heterocycles. The molecule has 30 heavy (non-hydrogen) atoms. The van der Waals surface area contributed by atoms with Crippen LogP contribution >= 0.6 is 11.3 Å². The number of aromatic nitrogens is 4. The van der Waals surface area contributed by atoms with Crippen molar-refractivity contribution in [1.29, 1.82) is 0 Å². The molecule has 5 rings (SSSR count). The molecule has 8 heteroatoms. The number of methoxy groups -OCH3 is 2. The number of hydrogen-bond acceptors (Lipinski definition) is 7. The first-order valence-electron chi connectivity index (χ1n) is 9.29. The van der Waals surface area contributed by atoms with Crippen molar-refractivity contribution >= 4 is 39.4 Å². The molecule has 3 aromatic heterocycles. The van der Waals surface area contributed by atoms with Crippen molar-refractivity contribution in [3.8, 4) is 23.1 Å². The molecule has 7 nitrogen and oxygen atoms in total. The number of fused-ring (bicyclic) bond motifs is 2. The largest absolute Gasteiger partial charge is 0.493 e. The number of rotatable bonds is 5. The average molecular weight is 418 g/mol. The number of para-hydroxylation sites is 1. The zero-order chi connectivity index (χ0) is 20.7. The summed E-state index contributed by atoms with van der Waals surface area (Å²) in [6.07, 6.45) is 3.91. The maximum absolute atomic E-state index is 6.03. The van der Waals surface area contributed by atoms with Crippen LogP contribution in [0.15, 0.2) is 46.9 Å². The summed E-state index contributed by atoms with van der Waals surface area (Å²) in [6.45, 7) is 2.02. The minimum Gasteiger partial charge on any atom is -0.493 e. The van der Waals surface area contributed by atoms with Crippen LogP contribution in [-0.2, 0) is 0 Å². The van der Waals surface area contributed by atoms with E-state index in [1.165, 1.54) is 11.3 Å². The summed E-state index contributed by atoms with van der Waals surface area (Å²) in [5, 5.41) is 15.1. The molecular formula is C22H18N4O3S. The molecule has 0 amide bonds. The third kappa shape index (κ3) is 3.02. The second kappa shape index (κ2) is 7.31. The Balaban J connectivity index is 1.50. The fourth-order valence-corrected chi connectivity index (χ4v) is 4.09. The summed E-state index contributed by atoms with van der Waals surface area (Å²) in [5.41, 5.74) is 2.83. The molecular weight excluding hydrogens is 400 g/mol. The summed E-state index contributed by atoms with van der Waals surface area (Å²) in [4.78, 5) is 0.705. The SMILES string of the molecule is COc1ccc(/C=C\c2nn3c(-c4oc5ccccc5c4C)nnc3s2)cc1OC. The lowest BCUT2D eigenvalue weighted by atomic mass is 10.1. The van der Waals surface area contributed by atoms with Gasteiger partial charge in [-0.1, -0.05) is 41.7 Å². The number of hydrogen-bond donors (Lipinski definition) is 0. The van der Waals surface area contributed by atoms with Crippen LogP contribution in [0.3, 0.4) is 0 Å². The molecule has 0 aliphatic carbocycles. The molecule has 5 aromatic rings. The molecule has 0 fully saturated rings. The second-order valence-corrected chi connectivity index (χ2v) is 7.65. The highest BCUT2D eigenvalue weighted by Gasteiger charge is 2.19. The van der Waals surface area contributed by atoms with Crippen LogP contribution in [0, 0.1) is 6.92 Å². The lowest BCUT2D eigenvalue weighted by molar-refractivity contribution is 0.355. The van der Waals surface area contributed by atoms with Crippen molar-refractivity contribution in [2.45, 2.75) is 6.92 Å². The second-order valence-electron chi connectivity index (χ2n) is 6.66. The Hall–Kier alpha value is -3.65. The molecule has 3 heterocycles. The quantitative estimate of drug-likeness (QED) is 0.396. The lowest BCUT2D eigenvalue weighted by Gasteiger charge is -2.07. The van der Waals surface area contributed by atoms with Crippen molar-refractivity contribution in [3.63, 3.8) is 0 Å². The van der Waals surface area contributed by atoms with Crippen molar-refractivity contribution in [1.82, 2.24) is 19.8 Å². The maximum atomic E-state index is 6.03. The first-order valence-corrected chi connectivity index (χ1v) is 10.1. The number of furan rings is 1. The maximum Gasteiger partial charge on any atom is 0.235 e. The first-order chi connectivity index (χ1) is 14.7. The molecule has 0 saturated carbocycles. The van der Waals surface area contributed by atoms with E-state index in [9.17, 15) is 0 Å². The molecule has 0 spiro atoms. The van der Waals surface area contributed by atoms with Crippen LogP contribution in [0.25, 0.3) is 39.7 Å². The van der Waals surface area contributed by atoms with Crippen molar-refractivity contribution in [2.75, 3.05) is 14.2 Å². The first kappa shape index (κ1) is 18.4. The molecule has 0 unspecified atom stereocenters. The van der Waals surface area contributed by atoms with Gasteiger partial charge >= 0.3 is 0 Å². The Bertz CT molecular complexity index is 1400. The number of aryl methyl sites for hydroxylation is 1. The Morgan fingerprint density at radius 1 is 1.00 bits per heavy atom. The van der Waals surface area contributed by atoms with E-state index in [1.807, 2.05) is 61.5 Å². The summed E-state index contributed by atoms with van der Waals surface area (Å²) in [6, 6.07) is 13.7. The minimum atomic E-state index is 0.598.